The zero-order valence-electron chi connectivity index (χ0n) is 14.3. The normalized spacial score (nSPS) is 10.7. The van der Waals surface area contributed by atoms with Gasteiger partial charge < -0.3 is 14.6 Å². The van der Waals surface area contributed by atoms with Gasteiger partial charge in [0.05, 0.1) is 0 Å². The number of aromatic nitrogens is 3. The first-order valence-electron chi connectivity index (χ1n) is 8.40. The van der Waals surface area contributed by atoms with Gasteiger partial charge in [0.1, 0.15) is 17.4 Å². The van der Waals surface area contributed by atoms with Crippen molar-refractivity contribution in [1.82, 2.24) is 20.4 Å². The van der Waals surface area contributed by atoms with Gasteiger partial charge in [-0.25, -0.2) is 4.98 Å². The molecule has 0 unspecified atom stereocenters. The van der Waals surface area contributed by atoms with Gasteiger partial charge in [-0.1, -0.05) is 65.8 Å². The molecule has 0 aliphatic heterocycles. The lowest BCUT2D eigenvalue weighted by Gasteiger charge is -2.07. The minimum absolute atomic E-state index is 0.168. The van der Waals surface area contributed by atoms with E-state index in [0.29, 0.717) is 23.3 Å². The van der Waals surface area contributed by atoms with Crippen molar-refractivity contribution in [2.45, 2.75) is 6.54 Å². The first-order chi connectivity index (χ1) is 13.3. The van der Waals surface area contributed by atoms with Crippen LogP contribution in [0.1, 0.15) is 5.56 Å². The van der Waals surface area contributed by atoms with Gasteiger partial charge in [0.25, 0.3) is 11.6 Å². The van der Waals surface area contributed by atoms with Gasteiger partial charge in [-0.05, 0) is 5.56 Å². The Morgan fingerprint density at radius 3 is 2.52 bits per heavy atom. The number of hydrogen-bond acceptors (Lipinski definition) is 6. The van der Waals surface area contributed by atoms with Crippen LogP contribution in [0.25, 0.3) is 22.4 Å². The fraction of sp³-hybridized carbons (Fsp3) is 0.100. The highest BCUT2D eigenvalue weighted by Crippen LogP contribution is 2.32. The van der Waals surface area contributed by atoms with Crippen LogP contribution in [0.4, 0.5) is 0 Å². The molecule has 4 aromatic rings. The fourth-order valence-corrected chi connectivity index (χ4v) is 2.64. The number of nitrogens with one attached hydrogen (secondary N) is 1. The summed E-state index contributed by atoms with van der Waals surface area (Å²) < 4.78 is 10.9. The number of hydrogen-bond donors (Lipinski definition) is 1. The maximum Gasteiger partial charge on any atom is 0.265 e. The molecule has 0 spiro atoms. The predicted molar refractivity (Wildman–Crippen MR) is 98.8 cm³/mol. The van der Waals surface area contributed by atoms with Crippen molar-refractivity contribution in [3.8, 4) is 17.1 Å². The summed E-state index contributed by atoms with van der Waals surface area (Å²) in [6.45, 7) is 0.267. The van der Waals surface area contributed by atoms with Crippen molar-refractivity contribution in [2.75, 3.05) is 6.61 Å². The number of ether oxygens (including phenoxy) is 1. The van der Waals surface area contributed by atoms with Crippen LogP contribution in [0.3, 0.4) is 0 Å². The summed E-state index contributed by atoms with van der Waals surface area (Å²) in [4.78, 5) is 20.3. The van der Waals surface area contributed by atoms with E-state index in [1.165, 1.54) is 6.33 Å². The molecule has 0 fully saturated rings. The van der Waals surface area contributed by atoms with Crippen LogP contribution in [0.2, 0.25) is 0 Å². The van der Waals surface area contributed by atoms with E-state index in [1.54, 1.807) is 0 Å². The van der Waals surface area contributed by atoms with Gasteiger partial charge in [0.15, 0.2) is 6.61 Å². The van der Waals surface area contributed by atoms with Crippen molar-refractivity contribution >= 4 is 17.0 Å². The Bertz CT molecular complexity index is 1050. The van der Waals surface area contributed by atoms with Crippen LogP contribution in [-0.2, 0) is 11.3 Å². The molecular formula is C20H16N4O3. The van der Waals surface area contributed by atoms with E-state index in [1.807, 2.05) is 60.7 Å². The molecular weight excluding hydrogens is 344 g/mol. The largest absolute Gasteiger partial charge is 0.467 e. The van der Waals surface area contributed by atoms with E-state index in [2.05, 4.69) is 20.4 Å². The van der Waals surface area contributed by atoms with Crippen LogP contribution in [0.15, 0.2) is 71.5 Å². The minimum atomic E-state index is -0.247. The number of fused-ring (bicyclic) bond motifs is 1. The monoisotopic (exact) mass is 360 g/mol. The highest BCUT2D eigenvalue weighted by molar-refractivity contribution is 5.93. The lowest BCUT2D eigenvalue weighted by Crippen LogP contribution is -2.28. The average Bonchev–Trinajstić information content (AvgIpc) is 3.17. The first-order valence-corrected chi connectivity index (χ1v) is 8.40. The summed E-state index contributed by atoms with van der Waals surface area (Å²) in [5.41, 5.74) is 2.75. The zero-order chi connectivity index (χ0) is 18.5. The Hall–Kier alpha value is -3.74. The third-order valence-corrected chi connectivity index (χ3v) is 3.96. The lowest BCUT2D eigenvalue weighted by atomic mass is 10.1. The number of carbonyl (C=O) groups is 1. The molecule has 1 amide bonds. The molecule has 0 aliphatic carbocycles. The molecule has 0 saturated heterocycles. The van der Waals surface area contributed by atoms with Crippen molar-refractivity contribution in [3.63, 3.8) is 0 Å². The molecule has 2 aromatic carbocycles. The summed E-state index contributed by atoms with van der Waals surface area (Å²) in [6.07, 6.45) is 1.32. The Kier molecular flexibility index (Phi) is 4.74. The van der Waals surface area contributed by atoms with Crippen molar-refractivity contribution in [2.24, 2.45) is 0 Å². The highest BCUT2D eigenvalue weighted by Gasteiger charge is 2.18. The maximum absolute atomic E-state index is 12.1. The number of benzene rings is 2. The predicted octanol–water partition coefficient (Wildman–Crippen LogP) is 2.98. The number of amides is 1. The SMILES string of the molecule is O=C(COc1ncnc2onc(-c3ccccc3)c12)NCc1ccccc1. The van der Waals surface area contributed by atoms with E-state index in [-0.39, 0.29) is 18.4 Å². The number of nitrogens with zero attached hydrogens (tertiary/aromatic N) is 3. The molecule has 0 bridgehead atoms. The van der Waals surface area contributed by atoms with Crippen LogP contribution >= 0.6 is 0 Å². The molecule has 7 heteroatoms. The molecule has 0 aliphatic rings. The van der Waals surface area contributed by atoms with Gasteiger partial charge >= 0.3 is 0 Å². The molecule has 1 N–H and O–H groups in total. The van der Waals surface area contributed by atoms with Crippen molar-refractivity contribution < 1.29 is 14.1 Å². The minimum Gasteiger partial charge on any atom is -0.467 e. The van der Waals surface area contributed by atoms with E-state index in [0.717, 1.165) is 11.1 Å². The zero-order valence-corrected chi connectivity index (χ0v) is 14.3. The summed E-state index contributed by atoms with van der Waals surface area (Å²) >= 11 is 0. The third kappa shape index (κ3) is 3.77. The Labute approximate surface area is 155 Å². The molecule has 0 atom stereocenters. The molecule has 4 rings (SSSR count). The van der Waals surface area contributed by atoms with E-state index >= 15 is 0 Å². The second kappa shape index (κ2) is 7.65. The molecule has 27 heavy (non-hydrogen) atoms. The maximum atomic E-state index is 12.1. The van der Waals surface area contributed by atoms with Crippen LogP contribution < -0.4 is 10.1 Å². The number of rotatable bonds is 6. The van der Waals surface area contributed by atoms with Gasteiger partial charge in [-0.2, -0.15) is 4.98 Å². The summed E-state index contributed by atoms with van der Waals surface area (Å²) in [5, 5.41) is 7.42. The molecule has 2 aromatic heterocycles. The van der Waals surface area contributed by atoms with Gasteiger partial charge in [0.2, 0.25) is 5.88 Å². The second-order valence-corrected chi connectivity index (χ2v) is 5.81. The third-order valence-electron chi connectivity index (χ3n) is 3.96. The molecule has 2 heterocycles. The molecule has 0 saturated carbocycles. The smallest absolute Gasteiger partial charge is 0.265 e. The topological polar surface area (TPSA) is 90.1 Å². The molecule has 134 valence electrons. The standard InChI is InChI=1S/C20H16N4O3/c25-16(21-11-14-7-3-1-4-8-14)12-26-19-17-18(15-9-5-2-6-10-15)24-27-20(17)23-13-22-19/h1-10,13H,11-12H2,(H,21,25). The lowest BCUT2D eigenvalue weighted by molar-refractivity contribution is -0.123. The van der Waals surface area contributed by atoms with Crippen molar-refractivity contribution in [1.29, 1.82) is 0 Å². The average molecular weight is 360 g/mol. The Morgan fingerprint density at radius 2 is 1.74 bits per heavy atom. The van der Waals surface area contributed by atoms with Gasteiger partial charge in [-0.3, -0.25) is 4.79 Å². The van der Waals surface area contributed by atoms with E-state index < -0.39 is 0 Å². The summed E-state index contributed by atoms with van der Waals surface area (Å²) in [5.74, 6) is 0.0123. The summed E-state index contributed by atoms with van der Waals surface area (Å²) in [6, 6.07) is 19.2. The molecule has 0 radical (unpaired) electrons. The fourth-order valence-electron chi connectivity index (χ4n) is 2.64. The van der Waals surface area contributed by atoms with Gasteiger partial charge in [0, 0.05) is 12.1 Å². The quantitative estimate of drug-likeness (QED) is 0.568. The van der Waals surface area contributed by atoms with Crippen LogP contribution in [0.5, 0.6) is 5.88 Å². The van der Waals surface area contributed by atoms with E-state index in [9.17, 15) is 4.79 Å². The Balaban J connectivity index is 1.49. The Morgan fingerprint density at radius 1 is 1.00 bits per heavy atom. The summed E-state index contributed by atoms with van der Waals surface area (Å²) in [7, 11) is 0. The first kappa shape index (κ1) is 16.7. The van der Waals surface area contributed by atoms with Gasteiger partial charge in [-0.15, -0.1) is 0 Å². The van der Waals surface area contributed by atoms with Crippen molar-refractivity contribution in [3.05, 3.63) is 72.6 Å². The number of carbonyl (C=O) groups excluding carboxylic acids is 1. The van der Waals surface area contributed by atoms with Crippen LogP contribution in [0, 0.1) is 0 Å². The van der Waals surface area contributed by atoms with E-state index in [4.69, 9.17) is 9.26 Å². The molecule has 7 nitrogen and oxygen atoms in total. The van der Waals surface area contributed by atoms with Crippen LogP contribution in [-0.4, -0.2) is 27.6 Å². The highest BCUT2D eigenvalue weighted by atomic mass is 16.5. The second-order valence-electron chi connectivity index (χ2n) is 5.81.